The molecular formula is C51H54N2+2. The van der Waals surface area contributed by atoms with E-state index in [9.17, 15) is 0 Å². The Balaban J connectivity index is 1.32. The number of pyridine rings is 2. The second kappa shape index (κ2) is 13.7. The number of aromatic nitrogens is 2. The lowest BCUT2D eigenvalue weighted by Crippen LogP contribution is -2.61. The number of unbranched alkanes of at least 4 members (excludes halogenated alkanes) is 1. The van der Waals surface area contributed by atoms with Gasteiger partial charge < -0.3 is 0 Å². The molecule has 2 nitrogen and oxygen atoms in total. The van der Waals surface area contributed by atoms with Crippen LogP contribution in [0.1, 0.15) is 93.8 Å². The third kappa shape index (κ3) is 5.70. The van der Waals surface area contributed by atoms with Gasteiger partial charge >= 0.3 is 0 Å². The summed E-state index contributed by atoms with van der Waals surface area (Å²) in [5.74, 6) is 0. The highest BCUT2D eigenvalue weighted by Gasteiger charge is 2.55. The number of aryl methyl sites for hydroxylation is 3. The van der Waals surface area contributed by atoms with Crippen molar-refractivity contribution in [1.29, 1.82) is 0 Å². The van der Waals surface area contributed by atoms with Crippen molar-refractivity contribution >= 4 is 16.3 Å². The van der Waals surface area contributed by atoms with Crippen molar-refractivity contribution in [3.05, 3.63) is 172 Å². The number of fused-ring (bicyclic) bond motifs is 5. The van der Waals surface area contributed by atoms with Crippen molar-refractivity contribution in [3.63, 3.8) is 0 Å². The van der Waals surface area contributed by atoms with E-state index in [-0.39, 0.29) is 11.0 Å². The molecule has 1 aliphatic heterocycles. The van der Waals surface area contributed by atoms with Gasteiger partial charge in [0.1, 0.15) is 7.05 Å². The molecule has 2 heteroatoms. The summed E-state index contributed by atoms with van der Waals surface area (Å²) in [7, 11) is 2.19. The number of hydrogen-bond acceptors (Lipinski definition) is 0. The molecular weight excluding hydrogens is 641 g/mol. The van der Waals surface area contributed by atoms with E-state index in [0.717, 1.165) is 25.7 Å². The van der Waals surface area contributed by atoms with Crippen LogP contribution >= 0.6 is 0 Å². The van der Waals surface area contributed by atoms with Gasteiger partial charge in [0.05, 0.1) is 5.57 Å². The lowest BCUT2D eigenvalue weighted by atomic mass is 9.67. The molecule has 8 rings (SSSR count). The van der Waals surface area contributed by atoms with Crippen LogP contribution in [0.5, 0.6) is 0 Å². The third-order valence-electron chi connectivity index (χ3n) is 12.6. The first-order chi connectivity index (χ1) is 25.7. The highest BCUT2D eigenvalue weighted by atomic mass is 15.1. The Morgan fingerprint density at radius 2 is 1.40 bits per heavy atom. The summed E-state index contributed by atoms with van der Waals surface area (Å²) in [5, 5.41) is 2.60. The van der Waals surface area contributed by atoms with Crippen molar-refractivity contribution in [2.75, 3.05) is 0 Å². The molecule has 0 amide bonds. The lowest BCUT2D eigenvalue weighted by molar-refractivity contribution is -0.758. The average molecular weight is 695 g/mol. The minimum absolute atomic E-state index is 0.130. The van der Waals surface area contributed by atoms with Gasteiger partial charge in [0, 0.05) is 52.5 Å². The minimum Gasteiger partial charge on any atom is -0.200 e. The van der Waals surface area contributed by atoms with Gasteiger partial charge in [-0.3, -0.25) is 0 Å². The molecule has 0 radical (unpaired) electrons. The predicted octanol–water partition coefficient (Wildman–Crippen LogP) is 11.7. The van der Waals surface area contributed by atoms with E-state index >= 15 is 0 Å². The van der Waals surface area contributed by atoms with Gasteiger partial charge in [-0.1, -0.05) is 132 Å². The molecule has 0 bridgehead atoms. The fraction of sp³-hybridized carbons (Fsp3) is 0.294. The lowest BCUT2D eigenvalue weighted by Gasteiger charge is -2.39. The number of rotatable bonds is 9. The SMILES string of the molecule is CCCCc1ccc2c(c1)C(C)(C)C1=C2c2cc3ccccc3c[n+]2C(CC)(CC)C1=CCc1ccccc1-c1cc(C)c(-c2ccccc2)c[n+]1C. The maximum Gasteiger partial charge on any atom is 0.214 e. The molecule has 0 N–H and O–H groups in total. The van der Waals surface area contributed by atoms with Crippen LogP contribution in [0.2, 0.25) is 0 Å². The Morgan fingerprint density at radius 3 is 2.15 bits per heavy atom. The zero-order valence-electron chi connectivity index (χ0n) is 32.8. The van der Waals surface area contributed by atoms with Gasteiger partial charge in [0.2, 0.25) is 11.4 Å². The van der Waals surface area contributed by atoms with E-state index < -0.39 is 0 Å². The monoisotopic (exact) mass is 694 g/mol. The average Bonchev–Trinajstić information content (AvgIpc) is 3.42. The van der Waals surface area contributed by atoms with Crippen molar-refractivity contribution in [1.82, 2.24) is 0 Å². The zero-order valence-corrected chi connectivity index (χ0v) is 32.8. The fourth-order valence-corrected chi connectivity index (χ4v) is 9.64. The molecule has 0 spiro atoms. The molecule has 0 unspecified atom stereocenters. The number of nitrogens with zero attached hydrogens (tertiary/aromatic N) is 2. The largest absolute Gasteiger partial charge is 0.214 e. The summed E-state index contributed by atoms with van der Waals surface area (Å²) < 4.78 is 4.99. The first-order valence-electron chi connectivity index (χ1n) is 19.9. The quantitative estimate of drug-likeness (QED) is 0.133. The first kappa shape index (κ1) is 35.0. The number of hydrogen-bond donors (Lipinski definition) is 0. The summed E-state index contributed by atoms with van der Waals surface area (Å²) >= 11 is 0. The molecule has 0 saturated heterocycles. The first-order valence-corrected chi connectivity index (χ1v) is 19.9. The van der Waals surface area contributed by atoms with E-state index in [1.54, 1.807) is 0 Å². The molecule has 0 saturated carbocycles. The van der Waals surface area contributed by atoms with Crippen molar-refractivity contribution in [3.8, 4) is 22.4 Å². The summed E-state index contributed by atoms with van der Waals surface area (Å²) in [6.07, 6.45) is 13.9. The van der Waals surface area contributed by atoms with Gasteiger partial charge in [-0.15, -0.1) is 0 Å². The fourth-order valence-electron chi connectivity index (χ4n) is 9.64. The standard InChI is InChI=1S/C51H54N2/c1-8-11-19-36-26-28-42-45(31-36)50(5,6)49-44(51(9-2,10-3)53-33-40-24-16-15-23-39(40)32-47(53)48(42)49)29-27-38-22-17-18-25-41(38)46-30-35(4)43(34-52(46)7)37-20-13-12-14-21-37/h12-18,20-26,28-34H,8-11,19,27H2,1-7H3/q+2. The van der Waals surface area contributed by atoms with Crippen molar-refractivity contribution < 1.29 is 9.13 Å². The smallest absolute Gasteiger partial charge is 0.200 e. The summed E-state index contributed by atoms with van der Waals surface area (Å²) in [4.78, 5) is 0. The number of benzene rings is 4. The molecule has 2 aliphatic rings. The van der Waals surface area contributed by atoms with Gasteiger partial charge in [-0.05, 0) is 82.7 Å². The Morgan fingerprint density at radius 1 is 0.679 bits per heavy atom. The van der Waals surface area contributed by atoms with Gasteiger partial charge in [0.25, 0.3) is 0 Å². The van der Waals surface area contributed by atoms with E-state index in [1.165, 1.54) is 96.2 Å². The molecule has 3 heterocycles. The van der Waals surface area contributed by atoms with E-state index in [2.05, 4.69) is 185 Å². The number of allylic oxidation sites excluding steroid dienone is 3. The Bertz CT molecular complexity index is 2420. The van der Waals surface area contributed by atoms with Crippen molar-refractivity contribution in [2.24, 2.45) is 7.05 Å². The Kier molecular flexibility index (Phi) is 9.05. The molecule has 266 valence electrons. The zero-order chi connectivity index (χ0) is 36.9. The van der Waals surface area contributed by atoms with E-state index in [4.69, 9.17) is 0 Å². The second-order valence-electron chi connectivity index (χ2n) is 16.0. The van der Waals surface area contributed by atoms with Crippen molar-refractivity contribution in [2.45, 2.75) is 91.0 Å². The van der Waals surface area contributed by atoms with Crippen LogP contribution in [0.4, 0.5) is 0 Å². The molecule has 0 atom stereocenters. The van der Waals surface area contributed by atoms with Crippen LogP contribution in [-0.4, -0.2) is 0 Å². The second-order valence-corrected chi connectivity index (χ2v) is 16.0. The minimum atomic E-state index is -0.171. The maximum absolute atomic E-state index is 2.67. The molecule has 0 fully saturated rings. The molecule has 4 aromatic carbocycles. The summed E-state index contributed by atoms with van der Waals surface area (Å²) in [5.41, 5.74) is 17.6. The normalized spacial score (nSPS) is 16.2. The summed E-state index contributed by atoms with van der Waals surface area (Å²) in [6.45, 7) is 14.3. The van der Waals surface area contributed by atoms with E-state index in [1.807, 2.05) is 0 Å². The van der Waals surface area contributed by atoms with Crippen LogP contribution < -0.4 is 9.13 Å². The van der Waals surface area contributed by atoms with Crippen LogP contribution in [0.15, 0.2) is 139 Å². The Hall–Kier alpha value is -5.08. The maximum atomic E-state index is 2.67. The highest BCUT2D eigenvalue weighted by molar-refractivity contribution is 5.94. The van der Waals surface area contributed by atoms with Crippen LogP contribution in [0.25, 0.3) is 38.7 Å². The topological polar surface area (TPSA) is 7.76 Å². The van der Waals surface area contributed by atoms with Crippen LogP contribution in [0.3, 0.4) is 0 Å². The van der Waals surface area contributed by atoms with E-state index in [0.29, 0.717) is 0 Å². The molecule has 53 heavy (non-hydrogen) atoms. The predicted molar refractivity (Wildman–Crippen MR) is 222 cm³/mol. The molecule has 1 aliphatic carbocycles. The van der Waals surface area contributed by atoms with Gasteiger partial charge in [0.15, 0.2) is 17.9 Å². The molecule has 6 aromatic rings. The summed E-state index contributed by atoms with van der Waals surface area (Å²) in [6, 6.07) is 41.0. The third-order valence-corrected chi connectivity index (χ3v) is 12.6. The highest BCUT2D eigenvalue weighted by Crippen LogP contribution is 2.57. The molecule has 2 aromatic heterocycles. The van der Waals surface area contributed by atoms with Crippen LogP contribution in [-0.2, 0) is 30.8 Å². The van der Waals surface area contributed by atoms with Gasteiger partial charge in [-0.2, -0.15) is 4.57 Å². The van der Waals surface area contributed by atoms with Gasteiger partial charge in [-0.25, -0.2) is 4.57 Å². The Labute approximate surface area is 317 Å². The van der Waals surface area contributed by atoms with Crippen LogP contribution in [0, 0.1) is 6.92 Å².